The number of benzene rings is 2. The Morgan fingerprint density at radius 2 is 1.48 bits per heavy atom. The molecule has 0 aliphatic heterocycles. The van der Waals surface area contributed by atoms with E-state index in [1.54, 1.807) is 13.3 Å². The number of hydrogen-bond donors (Lipinski definition) is 1. The van der Waals surface area contributed by atoms with Crippen LogP contribution in [-0.2, 0) is 0 Å². The van der Waals surface area contributed by atoms with Crippen molar-refractivity contribution in [1.82, 2.24) is 15.4 Å². The highest BCUT2D eigenvalue weighted by atomic mass is 35.5. The SMILES string of the molecule is CN=Cc1n[nH]nc1-c1ccc(-c2ccc(Cl)cc2)cc1. The minimum atomic E-state index is 0.733. The van der Waals surface area contributed by atoms with Crippen molar-refractivity contribution in [2.75, 3.05) is 7.05 Å². The standard InChI is InChI=1S/C16H13ClN4/c1-18-10-15-16(20-21-19-15)13-4-2-11(3-5-13)12-6-8-14(17)9-7-12/h2-10H,1H3,(H,19,20,21). The van der Waals surface area contributed by atoms with Crippen LogP contribution >= 0.6 is 11.6 Å². The highest BCUT2D eigenvalue weighted by Gasteiger charge is 2.08. The largest absolute Gasteiger partial charge is 0.294 e. The number of rotatable bonds is 3. The number of nitrogens with zero attached hydrogens (tertiary/aromatic N) is 3. The van der Waals surface area contributed by atoms with Crippen molar-refractivity contribution in [3.05, 3.63) is 59.2 Å². The van der Waals surface area contributed by atoms with E-state index < -0.39 is 0 Å². The molecule has 1 heterocycles. The molecule has 2 aromatic carbocycles. The van der Waals surface area contributed by atoms with Crippen LogP contribution in [0.15, 0.2) is 53.5 Å². The smallest absolute Gasteiger partial charge is 0.131 e. The summed E-state index contributed by atoms with van der Waals surface area (Å²) in [5.74, 6) is 0. The minimum Gasteiger partial charge on any atom is -0.294 e. The molecule has 4 nitrogen and oxygen atoms in total. The topological polar surface area (TPSA) is 53.9 Å². The predicted molar refractivity (Wildman–Crippen MR) is 85.8 cm³/mol. The molecule has 1 N–H and O–H groups in total. The van der Waals surface area contributed by atoms with Gasteiger partial charge in [-0.1, -0.05) is 48.0 Å². The number of H-pyrrole nitrogens is 1. The van der Waals surface area contributed by atoms with Gasteiger partial charge in [-0.3, -0.25) is 4.99 Å². The summed E-state index contributed by atoms with van der Waals surface area (Å²) >= 11 is 5.91. The summed E-state index contributed by atoms with van der Waals surface area (Å²) in [5.41, 5.74) is 4.78. The molecule has 0 saturated heterocycles. The molecular formula is C16H13ClN4. The van der Waals surface area contributed by atoms with E-state index in [9.17, 15) is 0 Å². The summed E-state index contributed by atoms with van der Waals surface area (Å²) in [5, 5.41) is 11.6. The molecule has 3 rings (SSSR count). The number of nitrogens with one attached hydrogen (secondary N) is 1. The zero-order chi connectivity index (χ0) is 14.7. The van der Waals surface area contributed by atoms with Crippen LogP contribution in [-0.4, -0.2) is 28.7 Å². The lowest BCUT2D eigenvalue weighted by atomic mass is 10.0. The van der Waals surface area contributed by atoms with Crippen molar-refractivity contribution in [3.63, 3.8) is 0 Å². The van der Waals surface area contributed by atoms with Gasteiger partial charge in [0.25, 0.3) is 0 Å². The van der Waals surface area contributed by atoms with Crippen LogP contribution in [0.1, 0.15) is 5.69 Å². The fraction of sp³-hybridized carbons (Fsp3) is 0.0625. The maximum atomic E-state index is 5.91. The third-order valence-electron chi connectivity index (χ3n) is 3.16. The Balaban J connectivity index is 1.93. The first-order valence-electron chi connectivity index (χ1n) is 6.47. The first-order valence-corrected chi connectivity index (χ1v) is 6.85. The van der Waals surface area contributed by atoms with Gasteiger partial charge in [-0.2, -0.15) is 15.4 Å². The summed E-state index contributed by atoms with van der Waals surface area (Å²) in [6.45, 7) is 0. The maximum absolute atomic E-state index is 5.91. The predicted octanol–water partition coefficient (Wildman–Crippen LogP) is 3.84. The second kappa shape index (κ2) is 5.89. The van der Waals surface area contributed by atoms with Crippen LogP contribution in [0.4, 0.5) is 0 Å². The Hall–Kier alpha value is -2.46. The fourth-order valence-electron chi connectivity index (χ4n) is 2.13. The van der Waals surface area contributed by atoms with E-state index in [0.29, 0.717) is 0 Å². The second-order valence-corrected chi connectivity index (χ2v) is 4.97. The van der Waals surface area contributed by atoms with Gasteiger partial charge in [-0.25, -0.2) is 0 Å². The normalized spacial score (nSPS) is 11.1. The van der Waals surface area contributed by atoms with Crippen molar-refractivity contribution in [2.45, 2.75) is 0 Å². The molecule has 0 aliphatic rings. The Bertz CT molecular complexity index is 758. The van der Waals surface area contributed by atoms with E-state index in [1.807, 2.05) is 36.4 Å². The van der Waals surface area contributed by atoms with Crippen molar-refractivity contribution >= 4 is 17.8 Å². The molecule has 1 aromatic heterocycles. The van der Waals surface area contributed by atoms with Gasteiger partial charge in [0.1, 0.15) is 11.4 Å². The number of halogens is 1. The van der Waals surface area contributed by atoms with Crippen molar-refractivity contribution in [2.24, 2.45) is 4.99 Å². The van der Waals surface area contributed by atoms with E-state index in [4.69, 9.17) is 11.6 Å². The molecule has 0 aliphatic carbocycles. The molecule has 5 heteroatoms. The lowest BCUT2D eigenvalue weighted by Crippen LogP contribution is -1.87. The summed E-state index contributed by atoms with van der Waals surface area (Å²) in [6, 6.07) is 15.9. The van der Waals surface area contributed by atoms with Gasteiger partial charge in [-0.05, 0) is 23.3 Å². The number of aromatic nitrogens is 3. The molecule has 21 heavy (non-hydrogen) atoms. The van der Waals surface area contributed by atoms with Crippen LogP contribution in [0.25, 0.3) is 22.4 Å². The van der Waals surface area contributed by atoms with E-state index in [2.05, 4.69) is 32.5 Å². The summed E-state index contributed by atoms with van der Waals surface area (Å²) in [6.07, 6.45) is 1.69. The third kappa shape index (κ3) is 2.85. The molecule has 104 valence electrons. The molecule has 0 saturated carbocycles. The first kappa shape index (κ1) is 13.5. The van der Waals surface area contributed by atoms with E-state index in [-0.39, 0.29) is 0 Å². The minimum absolute atomic E-state index is 0.733. The van der Waals surface area contributed by atoms with Crippen molar-refractivity contribution < 1.29 is 0 Å². The van der Waals surface area contributed by atoms with Gasteiger partial charge in [0.05, 0.1) is 6.21 Å². The average Bonchev–Trinajstić information content (AvgIpc) is 2.97. The molecule has 0 bridgehead atoms. The quantitative estimate of drug-likeness (QED) is 0.747. The molecule has 0 radical (unpaired) electrons. The summed E-state index contributed by atoms with van der Waals surface area (Å²) < 4.78 is 0. The van der Waals surface area contributed by atoms with Gasteiger partial charge < -0.3 is 0 Å². The molecule has 0 amide bonds. The van der Waals surface area contributed by atoms with E-state index in [0.717, 1.165) is 33.1 Å². The summed E-state index contributed by atoms with van der Waals surface area (Å²) in [4.78, 5) is 3.98. The highest BCUT2D eigenvalue weighted by molar-refractivity contribution is 6.30. The van der Waals surface area contributed by atoms with Crippen molar-refractivity contribution in [3.8, 4) is 22.4 Å². The number of aromatic amines is 1. The van der Waals surface area contributed by atoms with Crippen LogP contribution < -0.4 is 0 Å². The molecule has 0 atom stereocenters. The molecule has 0 unspecified atom stereocenters. The zero-order valence-electron chi connectivity index (χ0n) is 11.4. The van der Waals surface area contributed by atoms with Crippen molar-refractivity contribution in [1.29, 1.82) is 0 Å². The Morgan fingerprint density at radius 1 is 0.905 bits per heavy atom. The summed E-state index contributed by atoms with van der Waals surface area (Å²) in [7, 11) is 1.71. The lowest BCUT2D eigenvalue weighted by Gasteiger charge is -2.03. The monoisotopic (exact) mass is 296 g/mol. The molecule has 0 spiro atoms. The van der Waals surface area contributed by atoms with Gasteiger partial charge in [0, 0.05) is 17.6 Å². The van der Waals surface area contributed by atoms with Crippen LogP contribution in [0.2, 0.25) is 5.02 Å². The molecular weight excluding hydrogens is 284 g/mol. The molecule has 3 aromatic rings. The van der Waals surface area contributed by atoms with Crippen LogP contribution in [0.5, 0.6) is 0 Å². The van der Waals surface area contributed by atoms with Gasteiger partial charge >= 0.3 is 0 Å². The number of aliphatic imine (C=N–C) groups is 1. The lowest BCUT2D eigenvalue weighted by molar-refractivity contribution is 0.940. The maximum Gasteiger partial charge on any atom is 0.131 e. The Kier molecular flexibility index (Phi) is 3.79. The average molecular weight is 297 g/mol. The zero-order valence-corrected chi connectivity index (χ0v) is 12.2. The molecule has 0 fully saturated rings. The van der Waals surface area contributed by atoms with E-state index in [1.165, 1.54) is 0 Å². The first-order chi connectivity index (χ1) is 10.3. The van der Waals surface area contributed by atoms with E-state index >= 15 is 0 Å². The fourth-order valence-corrected chi connectivity index (χ4v) is 2.25. The number of hydrogen-bond acceptors (Lipinski definition) is 3. The van der Waals surface area contributed by atoms with Gasteiger partial charge in [0.2, 0.25) is 0 Å². The van der Waals surface area contributed by atoms with Crippen LogP contribution in [0.3, 0.4) is 0 Å². The second-order valence-electron chi connectivity index (χ2n) is 4.53. The van der Waals surface area contributed by atoms with Crippen LogP contribution in [0, 0.1) is 0 Å². The van der Waals surface area contributed by atoms with Gasteiger partial charge in [0.15, 0.2) is 0 Å². The highest BCUT2D eigenvalue weighted by Crippen LogP contribution is 2.25. The van der Waals surface area contributed by atoms with Gasteiger partial charge in [-0.15, -0.1) is 0 Å². The third-order valence-corrected chi connectivity index (χ3v) is 3.41. The Morgan fingerprint density at radius 3 is 2.10 bits per heavy atom. The Labute approximate surface area is 127 Å².